The first kappa shape index (κ1) is 18.9. The first-order valence-corrected chi connectivity index (χ1v) is 9.64. The molecule has 7 nitrogen and oxygen atoms in total. The number of fused-ring (bicyclic) bond motifs is 1. The number of benzene rings is 2. The van der Waals surface area contributed by atoms with E-state index in [4.69, 9.17) is 0 Å². The van der Waals surface area contributed by atoms with E-state index >= 15 is 0 Å². The summed E-state index contributed by atoms with van der Waals surface area (Å²) >= 11 is 0. The average Bonchev–Trinajstić information content (AvgIpc) is 3.03. The fourth-order valence-corrected chi connectivity index (χ4v) is 3.90. The summed E-state index contributed by atoms with van der Waals surface area (Å²) in [6.45, 7) is 2.27. The van der Waals surface area contributed by atoms with Crippen LogP contribution in [0.25, 0.3) is 0 Å². The maximum Gasteiger partial charge on any atom is 0.255 e. The van der Waals surface area contributed by atoms with E-state index in [0.29, 0.717) is 23.2 Å². The van der Waals surface area contributed by atoms with Crippen molar-refractivity contribution < 1.29 is 19.2 Å². The number of aryl methyl sites for hydroxylation is 1. The van der Waals surface area contributed by atoms with Crippen molar-refractivity contribution in [3.05, 3.63) is 64.7 Å². The highest BCUT2D eigenvalue weighted by molar-refractivity contribution is 6.07. The van der Waals surface area contributed by atoms with Crippen LogP contribution in [0, 0.1) is 0 Å². The number of nitrogens with zero attached hydrogens (tertiary/aromatic N) is 1. The van der Waals surface area contributed by atoms with E-state index in [9.17, 15) is 19.2 Å². The molecule has 4 amide bonds. The van der Waals surface area contributed by atoms with Crippen molar-refractivity contribution in [2.24, 2.45) is 0 Å². The Morgan fingerprint density at radius 2 is 1.97 bits per heavy atom. The summed E-state index contributed by atoms with van der Waals surface area (Å²) in [6, 6.07) is 11.9. The van der Waals surface area contributed by atoms with Crippen LogP contribution in [0.4, 0.5) is 5.69 Å². The maximum atomic E-state index is 12.7. The lowest BCUT2D eigenvalue weighted by Crippen LogP contribution is -2.52. The SMILES string of the molecule is CCc1ccccc1C(=O)Nc1ccc2c(c1)CN(C1CCC(=O)NC1=O)C2=O. The molecule has 2 aromatic rings. The van der Waals surface area contributed by atoms with Crippen LogP contribution >= 0.6 is 0 Å². The van der Waals surface area contributed by atoms with Crippen LogP contribution in [0.1, 0.15) is 51.6 Å². The van der Waals surface area contributed by atoms with Crippen molar-refractivity contribution in [2.75, 3.05) is 5.32 Å². The number of rotatable bonds is 4. The zero-order valence-corrected chi connectivity index (χ0v) is 16.0. The molecule has 1 atom stereocenters. The molecule has 1 unspecified atom stereocenters. The molecular weight excluding hydrogens is 370 g/mol. The van der Waals surface area contributed by atoms with Gasteiger partial charge in [0, 0.05) is 29.8 Å². The molecule has 0 spiro atoms. The van der Waals surface area contributed by atoms with Crippen LogP contribution in [-0.2, 0) is 22.6 Å². The molecule has 2 N–H and O–H groups in total. The Morgan fingerprint density at radius 1 is 1.17 bits per heavy atom. The molecule has 29 heavy (non-hydrogen) atoms. The third-order valence-corrected chi connectivity index (χ3v) is 5.42. The number of hydrogen-bond donors (Lipinski definition) is 2. The highest BCUT2D eigenvalue weighted by Crippen LogP contribution is 2.29. The van der Waals surface area contributed by atoms with Gasteiger partial charge in [0.25, 0.3) is 11.8 Å². The van der Waals surface area contributed by atoms with Crippen LogP contribution in [0.5, 0.6) is 0 Å². The molecule has 1 saturated heterocycles. The van der Waals surface area contributed by atoms with Gasteiger partial charge in [0.05, 0.1) is 0 Å². The third-order valence-electron chi connectivity index (χ3n) is 5.42. The fourth-order valence-electron chi connectivity index (χ4n) is 3.90. The lowest BCUT2D eigenvalue weighted by Gasteiger charge is -2.29. The summed E-state index contributed by atoms with van der Waals surface area (Å²) in [5.41, 5.74) is 3.45. The van der Waals surface area contributed by atoms with Crippen molar-refractivity contribution in [3.8, 4) is 0 Å². The van der Waals surface area contributed by atoms with E-state index in [1.54, 1.807) is 24.3 Å². The largest absolute Gasteiger partial charge is 0.322 e. The first-order valence-electron chi connectivity index (χ1n) is 9.64. The second-order valence-electron chi connectivity index (χ2n) is 7.24. The molecule has 1 fully saturated rings. The summed E-state index contributed by atoms with van der Waals surface area (Å²) in [5.74, 6) is -1.18. The third kappa shape index (κ3) is 3.51. The predicted molar refractivity (Wildman–Crippen MR) is 106 cm³/mol. The van der Waals surface area contributed by atoms with Crippen molar-refractivity contribution in [1.82, 2.24) is 10.2 Å². The van der Waals surface area contributed by atoms with Gasteiger partial charge in [-0.1, -0.05) is 25.1 Å². The summed E-state index contributed by atoms with van der Waals surface area (Å²) in [6.07, 6.45) is 1.29. The van der Waals surface area contributed by atoms with Crippen LogP contribution in [0.3, 0.4) is 0 Å². The Bertz CT molecular complexity index is 1030. The molecule has 2 aliphatic rings. The standard InChI is InChI=1S/C22H21N3O4/c1-2-13-5-3-4-6-16(13)20(27)23-15-7-8-17-14(11-15)12-25(22(17)29)18-9-10-19(26)24-21(18)28/h3-8,11,18H,2,9-10,12H2,1H3,(H,23,27)(H,24,26,28). The van der Waals surface area contributed by atoms with E-state index in [2.05, 4.69) is 10.6 Å². The molecule has 7 heteroatoms. The van der Waals surface area contributed by atoms with Crippen LogP contribution in [-0.4, -0.2) is 34.6 Å². The van der Waals surface area contributed by atoms with Crippen molar-refractivity contribution in [3.63, 3.8) is 0 Å². The number of nitrogens with one attached hydrogen (secondary N) is 2. The van der Waals surface area contributed by atoms with Gasteiger partial charge in [-0.15, -0.1) is 0 Å². The van der Waals surface area contributed by atoms with E-state index in [1.165, 1.54) is 4.90 Å². The molecule has 2 aliphatic heterocycles. The Labute approximate surface area is 168 Å². The highest BCUT2D eigenvalue weighted by Gasteiger charge is 2.39. The molecule has 0 bridgehead atoms. The number of carbonyl (C=O) groups is 4. The molecule has 0 saturated carbocycles. The Kier molecular flexibility index (Phi) is 4.88. The van der Waals surface area contributed by atoms with E-state index < -0.39 is 11.9 Å². The minimum Gasteiger partial charge on any atom is -0.322 e. The highest BCUT2D eigenvalue weighted by atomic mass is 16.2. The number of carbonyl (C=O) groups excluding carboxylic acids is 4. The number of amides is 4. The monoisotopic (exact) mass is 391 g/mol. The van der Waals surface area contributed by atoms with E-state index in [0.717, 1.165) is 17.5 Å². The predicted octanol–water partition coefficient (Wildman–Crippen LogP) is 2.26. The second kappa shape index (κ2) is 7.50. The summed E-state index contributed by atoms with van der Waals surface area (Å²) < 4.78 is 0. The fraction of sp³-hybridized carbons (Fsp3) is 0.273. The van der Waals surface area contributed by atoms with Gasteiger partial charge in [0.1, 0.15) is 6.04 Å². The lowest BCUT2D eigenvalue weighted by molar-refractivity contribution is -0.136. The van der Waals surface area contributed by atoms with Gasteiger partial charge in [-0.3, -0.25) is 24.5 Å². The van der Waals surface area contributed by atoms with Crippen LogP contribution in [0.15, 0.2) is 42.5 Å². The van der Waals surface area contributed by atoms with Crippen molar-refractivity contribution in [1.29, 1.82) is 0 Å². The van der Waals surface area contributed by atoms with E-state index in [1.807, 2.05) is 25.1 Å². The minimum atomic E-state index is -0.651. The zero-order chi connectivity index (χ0) is 20.5. The second-order valence-corrected chi connectivity index (χ2v) is 7.24. The number of anilines is 1. The van der Waals surface area contributed by atoms with Gasteiger partial charge in [0.2, 0.25) is 11.8 Å². The van der Waals surface area contributed by atoms with Gasteiger partial charge in [-0.2, -0.15) is 0 Å². The normalized spacial score (nSPS) is 18.4. The van der Waals surface area contributed by atoms with E-state index in [-0.39, 0.29) is 30.7 Å². The maximum absolute atomic E-state index is 12.7. The Morgan fingerprint density at radius 3 is 2.72 bits per heavy atom. The van der Waals surface area contributed by atoms with Gasteiger partial charge < -0.3 is 10.2 Å². The van der Waals surface area contributed by atoms with Crippen LogP contribution in [0.2, 0.25) is 0 Å². The molecule has 0 aromatic heterocycles. The quantitative estimate of drug-likeness (QED) is 0.782. The summed E-state index contributed by atoms with van der Waals surface area (Å²) in [5, 5.41) is 5.18. The van der Waals surface area contributed by atoms with Crippen molar-refractivity contribution >= 4 is 29.3 Å². The molecular formula is C22H21N3O4. The number of hydrogen-bond acceptors (Lipinski definition) is 4. The summed E-state index contributed by atoms with van der Waals surface area (Å²) in [7, 11) is 0. The number of piperidine rings is 1. The molecule has 4 rings (SSSR count). The molecule has 0 radical (unpaired) electrons. The van der Waals surface area contributed by atoms with Gasteiger partial charge in [0.15, 0.2) is 0 Å². The lowest BCUT2D eigenvalue weighted by atomic mass is 10.0. The molecule has 2 aromatic carbocycles. The van der Waals surface area contributed by atoms with Crippen molar-refractivity contribution in [2.45, 2.75) is 38.8 Å². The molecule has 0 aliphatic carbocycles. The minimum absolute atomic E-state index is 0.200. The van der Waals surface area contributed by atoms with Gasteiger partial charge >= 0.3 is 0 Å². The average molecular weight is 391 g/mol. The Hall–Kier alpha value is -3.48. The Balaban J connectivity index is 1.52. The van der Waals surface area contributed by atoms with Crippen LogP contribution < -0.4 is 10.6 Å². The zero-order valence-electron chi connectivity index (χ0n) is 16.0. The molecule has 2 heterocycles. The number of imide groups is 1. The van der Waals surface area contributed by atoms with Gasteiger partial charge in [-0.05, 0) is 48.2 Å². The summed E-state index contributed by atoms with van der Waals surface area (Å²) in [4.78, 5) is 50.4. The topological polar surface area (TPSA) is 95.6 Å². The van der Waals surface area contributed by atoms with Gasteiger partial charge in [-0.25, -0.2) is 0 Å². The smallest absolute Gasteiger partial charge is 0.255 e. The molecule has 148 valence electrons. The first-order chi connectivity index (χ1) is 14.0.